The third kappa shape index (κ3) is 3.62. The third-order valence-corrected chi connectivity index (χ3v) is 2.75. The van der Waals surface area contributed by atoms with Crippen LogP contribution in [0.4, 0.5) is 4.39 Å². The minimum atomic E-state index is -0.371. The lowest BCUT2D eigenvalue weighted by Crippen LogP contribution is -2.20. The molecule has 0 bridgehead atoms. The quantitative estimate of drug-likeness (QED) is 0.740. The van der Waals surface area contributed by atoms with Gasteiger partial charge in [0.05, 0.1) is 5.02 Å². The Kier molecular flexibility index (Phi) is 5.50. The first-order valence-electron chi connectivity index (χ1n) is 5.48. The molecule has 1 N–H and O–H groups in total. The molecule has 0 aliphatic rings. The van der Waals surface area contributed by atoms with Crippen molar-refractivity contribution in [2.75, 3.05) is 6.54 Å². The van der Waals surface area contributed by atoms with Crippen LogP contribution < -0.4 is 5.32 Å². The zero-order chi connectivity index (χ0) is 12.0. The minimum absolute atomic E-state index is 0.180. The normalized spacial score (nSPS) is 12.4. The van der Waals surface area contributed by atoms with Gasteiger partial charge < -0.3 is 5.32 Å². The SMILES string of the molecule is C=CCCC(NCC)c1ccc(F)c(Cl)c1. The average Bonchev–Trinajstić information content (AvgIpc) is 2.28. The fraction of sp³-hybridized carbons (Fsp3) is 0.385. The summed E-state index contributed by atoms with van der Waals surface area (Å²) in [4.78, 5) is 0. The smallest absolute Gasteiger partial charge is 0.141 e. The zero-order valence-electron chi connectivity index (χ0n) is 9.47. The lowest BCUT2D eigenvalue weighted by molar-refractivity contribution is 0.518. The Bertz CT molecular complexity index is 352. The van der Waals surface area contributed by atoms with Gasteiger partial charge in [0.2, 0.25) is 0 Å². The second-order valence-corrected chi connectivity index (χ2v) is 4.06. The van der Waals surface area contributed by atoms with Gasteiger partial charge in [-0.3, -0.25) is 0 Å². The number of hydrogen-bond acceptors (Lipinski definition) is 1. The molecule has 0 aliphatic heterocycles. The Morgan fingerprint density at radius 2 is 2.31 bits per heavy atom. The van der Waals surface area contributed by atoms with Gasteiger partial charge in [0.1, 0.15) is 5.82 Å². The molecule has 0 spiro atoms. The Balaban J connectivity index is 2.82. The van der Waals surface area contributed by atoms with Crippen LogP contribution in [0.25, 0.3) is 0 Å². The van der Waals surface area contributed by atoms with Gasteiger partial charge in [-0.25, -0.2) is 4.39 Å². The minimum Gasteiger partial charge on any atom is -0.310 e. The highest BCUT2D eigenvalue weighted by Gasteiger charge is 2.11. The largest absolute Gasteiger partial charge is 0.310 e. The van der Waals surface area contributed by atoms with Crippen LogP contribution in [0.5, 0.6) is 0 Å². The lowest BCUT2D eigenvalue weighted by atomic mass is 10.0. The van der Waals surface area contributed by atoms with Gasteiger partial charge >= 0.3 is 0 Å². The molecule has 1 nitrogen and oxygen atoms in total. The van der Waals surface area contributed by atoms with Crippen LogP contribution in [0, 0.1) is 5.82 Å². The first kappa shape index (κ1) is 13.2. The molecular weight excluding hydrogens is 225 g/mol. The molecule has 1 unspecified atom stereocenters. The molecule has 88 valence electrons. The van der Waals surface area contributed by atoms with E-state index in [4.69, 9.17) is 11.6 Å². The van der Waals surface area contributed by atoms with Gasteiger partial charge in [0.25, 0.3) is 0 Å². The molecule has 0 aliphatic carbocycles. The Morgan fingerprint density at radius 1 is 1.56 bits per heavy atom. The fourth-order valence-corrected chi connectivity index (χ4v) is 1.84. The molecule has 0 fully saturated rings. The summed E-state index contributed by atoms with van der Waals surface area (Å²) in [6.45, 7) is 6.62. The van der Waals surface area contributed by atoms with Gasteiger partial charge in [-0.2, -0.15) is 0 Å². The van der Waals surface area contributed by atoms with Crippen molar-refractivity contribution in [3.8, 4) is 0 Å². The van der Waals surface area contributed by atoms with Gasteiger partial charge in [0, 0.05) is 6.04 Å². The van der Waals surface area contributed by atoms with Crippen molar-refractivity contribution < 1.29 is 4.39 Å². The van der Waals surface area contributed by atoms with Gasteiger partial charge in [-0.15, -0.1) is 6.58 Å². The molecule has 0 radical (unpaired) electrons. The Hall–Kier alpha value is -0.860. The summed E-state index contributed by atoms with van der Waals surface area (Å²) in [6, 6.07) is 5.09. The summed E-state index contributed by atoms with van der Waals surface area (Å²) in [6.07, 6.45) is 3.75. The summed E-state index contributed by atoms with van der Waals surface area (Å²) in [5.74, 6) is -0.371. The van der Waals surface area contributed by atoms with Gasteiger partial charge in [-0.05, 0) is 37.1 Å². The highest BCUT2D eigenvalue weighted by atomic mass is 35.5. The molecule has 0 saturated carbocycles. The molecule has 0 saturated heterocycles. The van der Waals surface area contributed by atoms with Gasteiger partial charge in [0.15, 0.2) is 0 Å². The van der Waals surface area contributed by atoms with Crippen molar-refractivity contribution in [2.24, 2.45) is 0 Å². The van der Waals surface area contributed by atoms with Crippen molar-refractivity contribution >= 4 is 11.6 Å². The lowest BCUT2D eigenvalue weighted by Gasteiger charge is -2.17. The maximum Gasteiger partial charge on any atom is 0.141 e. The van der Waals surface area contributed by atoms with Crippen LogP contribution in [0.2, 0.25) is 5.02 Å². The Morgan fingerprint density at radius 3 is 2.88 bits per heavy atom. The monoisotopic (exact) mass is 241 g/mol. The first-order valence-corrected chi connectivity index (χ1v) is 5.86. The van der Waals surface area contributed by atoms with Gasteiger partial charge in [-0.1, -0.05) is 30.7 Å². The molecule has 0 heterocycles. The molecule has 3 heteroatoms. The highest BCUT2D eigenvalue weighted by Crippen LogP contribution is 2.23. The molecule has 0 aromatic heterocycles. The third-order valence-electron chi connectivity index (χ3n) is 2.46. The van der Waals surface area contributed by atoms with Crippen LogP contribution in [0.3, 0.4) is 0 Å². The molecular formula is C13H17ClFN. The summed E-state index contributed by atoms with van der Waals surface area (Å²) in [5.41, 5.74) is 1.02. The van der Waals surface area contributed by atoms with E-state index in [0.717, 1.165) is 24.9 Å². The number of hydrogen-bond donors (Lipinski definition) is 1. The predicted molar refractivity (Wildman–Crippen MR) is 67.3 cm³/mol. The van der Waals surface area contributed by atoms with Crippen LogP contribution in [-0.2, 0) is 0 Å². The number of allylic oxidation sites excluding steroid dienone is 1. The number of halogens is 2. The van der Waals surface area contributed by atoms with Crippen molar-refractivity contribution in [3.63, 3.8) is 0 Å². The summed E-state index contributed by atoms with van der Waals surface area (Å²) < 4.78 is 13.0. The van der Waals surface area contributed by atoms with E-state index in [1.54, 1.807) is 12.1 Å². The second kappa shape index (κ2) is 6.66. The molecule has 1 aromatic rings. The molecule has 16 heavy (non-hydrogen) atoms. The molecule has 1 aromatic carbocycles. The molecule has 0 amide bonds. The van der Waals surface area contributed by atoms with E-state index >= 15 is 0 Å². The maximum atomic E-state index is 13.0. The van der Waals surface area contributed by atoms with E-state index in [1.165, 1.54) is 6.07 Å². The second-order valence-electron chi connectivity index (χ2n) is 3.65. The molecule has 1 rings (SSSR count). The first-order chi connectivity index (χ1) is 7.69. The van der Waals surface area contributed by atoms with Crippen molar-refractivity contribution in [3.05, 3.63) is 47.3 Å². The van der Waals surface area contributed by atoms with Crippen LogP contribution in [0.15, 0.2) is 30.9 Å². The van der Waals surface area contributed by atoms with Crippen LogP contribution in [0.1, 0.15) is 31.4 Å². The number of rotatable bonds is 6. The Labute approximate surface area is 101 Å². The van der Waals surface area contributed by atoms with Crippen molar-refractivity contribution in [1.29, 1.82) is 0 Å². The summed E-state index contributed by atoms with van der Waals surface area (Å²) in [5, 5.41) is 3.53. The van der Waals surface area contributed by atoms with E-state index in [0.29, 0.717) is 0 Å². The zero-order valence-corrected chi connectivity index (χ0v) is 10.2. The van der Waals surface area contributed by atoms with E-state index in [9.17, 15) is 4.39 Å². The standard InChI is InChI=1S/C13H17ClFN/c1-3-5-6-13(16-4-2)10-7-8-12(15)11(14)9-10/h3,7-9,13,16H,1,4-6H2,2H3. The van der Waals surface area contributed by atoms with E-state index < -0.39 is 0 Å². The van der Waals surface area contributed by atoms with Crippen molar-refractivity contribution in [2.45, 2.75) is 25.8 Å². The average molecular weight is 242 g/mol. The highest BCUT2D eigenvalue weighted by molar-refractivity contribution is 6.30. The summed E-state index contributed by atoms with van der Waals surface area (Å²) >= 11 is 5.77. The molecule has 1 atom stereocenters. The van der Waals surface area contributed by atoms with Crippen LogP contribution in [-0.4, -0.2) is 6.54 Å². The van der Waals surface area contributed by atoms with E-state index in [2.05, 4.69) is 11.9 Å². The van der Waals surface area contributed by atoms with Crippen LogP contribution >= 0.6 is 11.6 Å². The topological polar surface area (TPSA) is 12.0 Å². The predicted octanol–water partition coefficient (Wildman–Crippen LogP) is 4.10. The fourth-order valence-electron chi connectivity index (χ4n) is 1.65. The van der Waals surface area contributed by atoms with E-state index in [1.807, 2.05) is 13.0 Å². The number of benzene rings is 1. The van der Waals surface area contributed by atoms with Crippen molar-refractivity contribution in [1.82, 2.24) is 5.32 Å². The number of nitrogens with one attached hydrogen (secondary N) is 1. The summed E-state index contributed by atoms with van der Waals surface area (Å²) in [7, 11) is 0. The van der Waals surface area contributed by atoms with E-state index in [-0.39, 0.29) is 16.9 Å². The maximum absolute atomic E-state index is 13.0.